The summed E-state index contributed by atoms with van der Waals surface area (Å²) in [5, 5.41) is 3.48. The Morgan fingerprint density at radius 3 is 2.43 bits per heavy atom. The van der Waals surface area contributed by atoms with Crippen LogP contribution in [-0.2, 0) is 0 Å². The van der Waals surface area contributed by atoms with Crippen LogP contribution in [-0.4, -0.2) is 15.5 Å². The third-order valence-corrected chi connectivity index (χ3v) is 4.50. The Labute approximate surface area is 137 Å². The van der Waals surface area contributed by atoms with Gasteiger partial charge in [0.15, 0.2) is 5.13 Å². The van der Waals surface area contributed by atoms with Crippen molar-refractivity contribution < 1.29 is 4.79 Å². The van der Waals surface area contributed by atoms with Crippen molar-refractivity contribution in [3.63, 3.8) is 0 Å². The number of hydrogen-bond acceptors (Lipinski definition) is 3. The van der Waals surface area contributed by atoms with Crippen LogP contribution in [0.3, 0.4) is 0 Å². The molecule has 0 atom stereocenters. The fraction of sp³-hybridized carbons (Fsp3) is 0. The molecule has 5 heteroatoms. The molecular formula is C18H13N3OS. The standard InChI is InChI=1S/C18H13N3OS/c22-17(20-18-19-15-5-1-2-6-16(15)23-18)13-7-9-14(10-8-13)21-11-3-4-12-21/h1-12H,(H,19,20,22). The van der Waals surface area contributed by atoms with Gasteiger partial charge in [0.2, 0.25) is 0 Å². The first-order valence-electron chi connectivity index (χ1n) is 7.20. The molecule has 0 saturated heterocycles. The van der Waals surface area contributed by atoms with Gasteiger partial charge in [-0.1, -0.05) is 23.5 Å². The fourth-order valence-corrected chi connectivity index (χ4v) is 3.25. The zero-order valence-electron chi connectivity index (χ0n) is 12.1. The van der Waals surface area contributed by atoms with E-state index in [0.29, 0.717) is 10.7 Å². The highest BCUT2D eigenvalue weighted by Gasteiger charge is 2.09. The van der Waals surface area contributed by atoms with Gasteiger partial charge >= 0.3 is 0 Å². The van der Waals surface area contributed by atoms with Crippen LogP contribution in [0.25, 0.3) is 15.9 Å². The smallest absolute Gasteiger partial charge is 0.257 e. The highest BCUT2D eigenvalue weighted by molar-refractivity contribution is 7.22. The van der Waals surface area contributed by atoms with Gasteiger partial charge in [-0.05, 0) is 48.5 Å². The number of rotatable bonds is 3. The van der Waals surface area contributed by atoms with Gasteiger partial charge in [-0.25, -0.2) is 4.98 Å². The van der Waals surface area contributed by atoms with Gasteiger partial charge in [0.05, 0.1) is 10.2 Å². The molecule has 4 nitrogen and oxygen atoms in total. The Morgan fingerprint density at radius 1 is 0.957 bits per heavy atom. The van der Waals surface area contributed by atoms with Crippen LogP contribution in [0.2, 0.25) is 0 Å². The van der Waals surface area contributed by atoms with Crippen molar-refractivity contribution in [3.8, 4) is 5.69 Å². The predicted molar refractivity (Wildman–Crippen MR) is 93.3 cm³/mol. The Hall–Kier alpha value is -2.92. The number of anilines is 1. The maximum Gasteiger partial charge on any atom is 0.257 e. The summed E-state index contributed by atoms with van der Waals surface area (Å²) in [4.78, 5) is 16.8. The van der Waals surface area contributed by atoms with E-state index in [4.69, 9.17) is 0 Å². The quantitative estimate of drug-likeness (QED) is 0.610. The van der Waals surface area contributed by atoms with Gasteiger partial charge in [0.1, 0.15) is 0 Å². The Bertz CT molecular complexity index is 923. The molecule has 0 bridgehead atoms. The van der Waals surface area contributed by atoms with Crippen LogP contribution in [0, 0.1) is 0 Å². The van der Waals surface area contributed by atoms with Crippen LogP contribution in [0.15, 0.2) is 73.1 Å². The summed E-state index contributed by atoms with van der Waals surface area (Å²) in [6, 6.07) is 19.2. The lowest BCUT2D eigenvalue weighted by Crippen LogP contribution is -2.11. The molecule has 0 aliphatic rings. The SMILES string of the molecule is O=C(Nc1nc2ccccc2s1)c1ccc(-n2cccc2)cc1. The molecule has 23 heavy (non-hydrogen) atoms. The second-order valence-electron chi connectivity index (χ2n) is 5.08. The molecule has 2 aromatic heterocycles. The van der Waals surface area contributed by atoms with Crippen LogP contribution in [0.1, 0.15) is 10.4 Å². The largest absolute Gasteiger partial charge is 0.324 e. The summed E-state index contributed by atoms with van der Waals surface area (Å²) in [6.07, 6.45) is 3.94. The van der Waals surface area contributed by atoms with E-state index in [2.05, 4.69) is 10.3 Å². The first-order chi connectivity index (χ1) is 11.3. The van der Waals surface area contributed by atoms with Gasteiger partial charge in [-0.2, -0.15) is 0 Å². The normalized spacial score (nSPS) is 10.8. The summed E-state index contributed by atoms with van der Waals surface area (Å²) >= 11 is 1.47. The van der Waals surface area contributed by atoms with Gasteiger partial charge in [-0.15, -0.1) is 0 Å². The maximum atomic E-state index is 12.3. The molecule has 1 amide bonds. The molecular weight excluding hydrogens is 306 g/mol. The van der Waals surface area contributed by atoms with Gasteiger partial charge in [0.25, 0.3) is 5.91 Å². The van der Waals surface area contributed by atoms with E-state index >= 15 is 0 Å². The third kappa shape index (κ3) is 2.74. The number of aromatic nitrogens is 2. The molecule has 0 spiro atoms. The highest BCUT2D eigenvalue weighted by Crippen LogP contribution is 2.25. The molecule has 0 fully saturated rings. The van der Waals surface area contributed by atoms with Crippen molar-refractivity contribution in [1.29, 1.82) is 0 Å². The van der Waals surface area contributed by atoms with Gasteiger partial charge < -0.3 is 4.57 Å². The zero-order chi connectivity index (χ0) is 15.6. The number of hydrogen-bond donors (Lipinski definition) is 1. The fourth-order valence-electron chi connectivity index (χ4n) is 2.39. The van der Waals surface area contributed by atoms with E-state index in [1.807, 2.05) is 77.6 Å². The van der Waals surface area contributed by atoms with E-state index < -0.39 is 0 Å². The second-order valence-corrected chi connectivity index (χ2v) is 6.11. The molecule has 112 valence electrons. The van der Waals surface area contributed by atoms with E-state index in [-0.39, 0.29) is 5.91 Å². The lowest BCUT2D eigenvalue weighted by atomic mass is 10.2. The average molecular weight is 319 g/mol. The lowest BCUT2D eigenvalue weighted by molar-refractivity contribution is 0.102. The summed E-state index contributed by atoms with van der Waals surface area (Å²) in [5.74, 6) is -0.150. The highest BCUT2D eigenvalue weighted by atomic mass is 32.1. The number of nitrogens with one attached hydrogen (secondary N) is 1. The van der Waals surface area contributed by atoms with E-state index in [1.165, 1.54) is 11.3 Å². The maximum absolute atomic E-state index is 12.3. The topological polar surface area (TPSA) is 46.9 Å². The van der Waals surface area contributed by atoms with Crippen LogP contribution in [0.5, 0.6) is 0 Å². The molecule has 0 aliphatic heterocycles. The van der Waals surface area contributed by atoms with Crippen molar-refractivity contribution in [2.24, 2.45) is 0 Å². The minimum Gasteiger partial charge on any atom is -0.324 e. The summed E-state index contributed by atoms with van der Waals surface area (Å²) in [6.45, 7) is 0. The minimum absolute atomic E-state index is 0.150. The zero-order valence-corrected chi connectivity index (χ0v) is 13.0. The van der Waals surface area contributed by atoms with E-state index in [0.717, 1.165) is 15.9 Å². The molecule has 0 radical (unpaired) electrons. The van der Waals surface area contributed by atoms with Crippen molar-refractivity contribution in [2.45, 2.75) is 0 Å². The minimum atomic E-state index is -0.150. The molecule has 2 heterocycles. The van der Waals surface area contributed by atoms with Crippen LogP contribution in [0.4, 0.5) is 5.13 Å². The number of fused-ring (bicyclic) bond motifs is 1. The first-order valence-corrected chi connectivity index (χ1v) is 8.01. The Kier molecular flexibility index (Phi) is 3.40. The molecule has 1 N–H and O–H groups in total. The molecule has 2 aromatic carbocycles. The van der Waals surface area contributed by atoms with E-state index in [1.54, 1.807) is 0 Å². The van der Waals surface area contributed by atoms with Gasteiger partial charge in [0, 0.05) is 23.6 Å². The number of nitrogens with zero attached hydrogens (tertiary/aromatic N) is 2. The molecule has 0 saturated carbocycles. The number of carbonyl (C=O) groups excluding carboxylic acids is 1. The predicted octanol–water partition coefficient (Wildman–Crippen LogP) is 4.34. The second kappa shape index (κ2) is 5.70. The molecule has 0 unspecified atom stereocenters. The first kappa shape index (κ1) is 13.7. The summed E-state index contributed by atoms with van der Waals surface area (Å²) in [7, 11) is 0. The van der Waals surface area contributed by atoms with Gasteiger partial charge in [-0.3, -0.25) is 10.1 Å². The summed E-state index contributed by atoms with van der Waals surface area (Å²) in [5.41, 5.74) is 2.53. The average Bonchev–Trinajstić information content (AvgIpc) is 3.24. The number of benzene rings is 2. The van der Waals surface area contributed by atoms with E-state index in [9.17, 15) is 4.79 Å². The van der Waals surface area contributed by atoms with Crippen LogP contribution >= 0.6 is 11.3 Å². The number of thiazole rings is 1. The number of para-hydroxylation sites is 1. The number of amides is 1. The molecule has 4 rings (SSSR count). The van der Waals surface area contributed by atoms with Crippen LogP contribution < -0.4 is 5.32 Å². The van der Waals surface area contributed by atoms with Crippen molar-refractivity contribution in [3.05, 3.63) is 78.6 Å². The Morgan fingerprint density at radius 2 is 1.70 bits per heavy atom. The summed E-state index contributed by atoms with van der Waals surface area (Å²) < 4.78 is 3.06. The molecule has 0 aliphatic carbocycles. The van der Waals surface area contributed by atoms with Crippen molar-refractivity contribution in [2.75, 3.05) is 5.32 Å². The van der Waals surface area contributed by atoms with Crippen molar-refractivity contribution >= 4 is 32.6 Å². The molecule has 4 aromatic rings. The number of carbonyl (C=O) groups is 1. The lowest BCUT2D eigenvalue weighted by Gasteiger charge is -2.05. The van der Waals surface area contributed by atoms with Crippen molar-refractivity contribution in [1.82, 2.24) is 9.55 Å². The Balaban J connectivity index is 1.54. The monoisotopic (exact) mass is 319 g/mol. The third-order valence-electron chi connectivity index (χ3n) is 3.55.